The fraction of sp³-hybridized carbons (Fsp3) is 0.667. The van der Waals surface area contributed by atoms with Crippen molar-refractivity contribution in [3.63, 3.8) is 0 Å². The fourth-order valence-electron chi connectivity index (χ4n) is 2.39. The molecular weight excluding hydrogens is 216 g/mol. The number of hydrogen-bond acceptors (Lipinski definition) is 5. The quantitative estimate of drug-likeness (QED) is 0.818. The number of morpholine rings is 1. The van der Waals surface area contributed by atoms with Crippen molar-refractivity contribution in [1.29, 1.82) is 0 Å². The van der Waals surface area contributed by atoms with Crippen LogP contribution in [0.1, 0.15) is 24.7 Å². The summed E-state index contributed by atoms with van der Waals surface area (Å²) in [6.07, 6.45) is 4.39. The van der Waals surface area contributed by atoms with Crippen LogP contribution in [0.25, 0.3) is 0 Å². The van der Waals surface area contributed by atoms with Crippen LogP contribution in [-0.2, 0) is 4.74 Å². The van der Waals surface area contributed by atoms with E-state index >= 15 is 0 Å². The van der Waals surface area contributed by atoms with E-state index in [0.29, 0.717) is 6.61 Å². The van der Waals surface area contributed by atoms with Crippen LogP contribution in [0, 0.1) is 0 Å². The summed E-state index contributed by atoms with van der Waals surface area (Å²) in [5.41, 5.74) is 0. The van der Waals surface area contributed by atoms with Gasteiger partial charge in [0.2, 0.25) is 0 Å². The lowest BCUT2D eigenvalue weighted by Gasteiger charge is -2.24. The van der Waals surface area contributed by atoms with Crippen LogP contribution in [0.5, 0.6) is 0 Å². The molecule has 1 atom stereocenters. The maximum absolute atomic E-state index is 5.45. The summed E-state index contributed by atoms with van der Waals surface area (Å²) in [4.78, 5) is 11.3. The molecule has 2 saturated heterocycles. The van der Waals surface area contributed by atoms with E-state index in [1.165, 1.54) is 12.8 Å². The third-order valence-corrected chi connectivity index (χ3v) is 3.32. The minimum atomic E-state index is 0.145. The highest BCUT2D eigenvalue weighted by Crippen LogP contribution is 2.19. The molecule has 0 saturated carbocycles. The number of hydrogen-bond donors (Lipinski definition) is 1. The monoisotopic (exact) mass is 234 g/mol. The van der Waals surface area contributed by atoms with Gasteiger partial charge in [0.1, 0.15) is 11.6 Å². The Labute approximate surface area is 101 Å². The molecule has 0 spiro atoms. The lowest BCUT2D eigenvalue weighted by Crippen LogP contribution is -2.36. The fourth-order valence-corrected chi connectivity index (χ4v) is 2.39. The molecule has 2 aliphatic heterocycles. The summed E-state index contributed by atoms with van der Waals surface area (Å²) < 4.78 is 5.45. The Balaban J connectivity index is 1.77. The summed E-state index contributed by atoms with van der Waals surface area (Å²) >= 11 is 0. The smallest absolute Gasteiger partial charge is 0.149 e. The Morgan fingerprint density at radius 3 is 3.00 bits per heavy atom. The second-order valence-electron chi connectivity index (χ2n) is 4.55. The average Bonchev–Trinajstić information content (AvgIpc) is 2.94. The predicted molar refractivity (Wildman–Crippen MR) is 65.0 cm³/mol. The second kappa shape index (κ2) is 4.98. The maximum atomic E-state index is 5.45. The van der Waals surface area contributed by atoms with Gasteiger partial charge in [-0.15, -0.1) is 0 Å². The Morgan fingerprint density at radius 1 is 1.35 bits per heavy atom. The molecule has 92 valence electrons. The van der Waals surface area contributed by atoms with Crippen molar-refractivity contribution in [2.75, 3.05) is 37.7 Å². The standard InChI is InChI=1S/C12H18N4O/c1-2-7-16(6-1)11-3-4-14-12(15-11)10-9-17-8-5-13-10/h3-4,10,13H,1-2,5-9H2/t10-/m1/s1. The molecule has 0 unspecified atom stereocenters. The van der Waals surface area contributed by atoms with Gasteiger partial charge in [0.05, 0.1) is 19.3 Å². The number of aromatic nitrogens is 2. The molecule has 3 heterocycles. The second-order valence-corrected chi connectivity index (χ2v) is 4.55. The van der Waals surface area contributed by atoms with Crippen molar-refractivity contribution in [1.82, 2.24) is 15.3 Å². The zero-order valence-electron chi connectivity index (χ0n) is 9.93. The largest absolute Gasteiger partial charge is 0.378 e. The first-order valence-electron chi connectivity index (χ1n) is 6.32. The van der Waals surface area contributed by atoms with Gasteiger partial charge in [-0.25, -0.2) is 9.97 Å². The predicted octanol–water partition coefficient (Wildman–Crippen LogP) is 0.738. The van der Waals surface area contributed by atoms with Crippen molar-refractivity contribution in [2.45, 2.75) is 18.9 Å². The van der Waals surface area contributed by atoms with Crippen LogP contribution < -0.4 is 10.2 Å². The molecular formula is C12H18N4O. The number of rotatable bonds is 2. The van der Waals surface area contributed by atoms with Crippen molar-refractivity contribution in [3.05, 3.63) is 18.1 Å². The molecule has 3 rings (SSSR count). The van der Waals surface area contributed by atoms with Gasteiger partial charge in [-0.3, -0.25) is 0 Å². The average molecular weight is 234 g/mol. The van der Waals surface area contributed by atoms with Gasteiger partial charge >= 0.3 is 0 Å². The number of ether oxygens (including phenoxy) is 1. The molecule has 17 heavy (non-hydrogen) atoms. The molecule has 2 fully saturated rings. The number of anilines is 1. The molecule has 1 aromatic heterocycles. The third-order valence-electron chi connectivity index (χ3n) is 3.32. The van der Waals surface area contributed by atoms with Crippen LogP contribution in [0.15, 0.2) is 12.3 Å². The zero-order chi connectivity index (χ0) is 11.5. The van der Waals surface area contributed by atoms with Crippen LogP contribution in [0.4, 0.5) is 5.82 Å². The summed E-state index contributed by atoms with van der Waals surface area (Å²) in [7, 11) is 0. The Morgan fingerprint density at radius 2 is 2.24 bits per heavy atom. The molecule has 0 aliphatic carbocycles. The lowest BCUT2D eigenvalue weighted by atomic mass is 10.2. The first kappa shape index (κ1) is 10.9. The van der Waals surface area contributed by atoms with E-state index in [4.69, 9.17) is 4.74 Å². The molecule has 5 nitrogen and oxygen atoms in total. The summed E-state index contributed by atoms with van der Waals surface area (Å²) in [5.74, 6) is 1.91. The van der Waals surface area contributed by atoms with Gasteiger partial charge in [0, 0.05) is 25.8 Å². The topological polar surface area (TPSA) is 50.3 Å². The minimum absolute atomic E-state index is 0.145. The highest BCUT2D eigenvalue weighted by molar-refractivity contribution is 5.38. The van der Waals surface area contributed by atoms with Gasteiger partial charge in [0.15, 0.2) is 0 Å². The summed E-state index contributed by atoms with van der Waals surface area (Å²) in [6.45, 7) is 4.56. The highest BCUT2D eigenvalue weighted by atomic mass is 16.5. The van der Waals surface area contributed by atoms with Gasteiger partial charge in [0.25, 0.3) is 0 Å². The first-order chi connectivity index (χ1) is 8.43. The molecule has 0 amide bonds. The molecule has 5 heteroatoms. The third kappa shape index (κ3) is 2.40. The van der Waals surface area contributed by atoms with Crippen LogP contribution in [0.3, 0.4) is 0 Å². The van der Waals surface area contributed by atoms with Gasteiger partial charge in [-0.05, 0) is 18.9 Å². The molecule has 2 aliphatic rings. The highest BCUT2D eigenvalue weighted by Gasteiger charge is 2.20. The van der Waals surface area contributed by atoms with Crippen LogP contribution >= 0.6 is 0 Å². The Bertz CT molecular complexity index is 373. The van der Waals surface area contributed by atoms with E-state index in [9.17, 15) is 0 Å². The van der Waals surface area contributed by atoms with Crippen molar-refractivity contribution in [3.8, 4) is 0 Å². The van der Waals surface area contributed by atoms with Crippen LogP contribution in [0.2, 0.25) is 0 Å². The molecule has 0 radical (unpaired) electrons. The van der Waals surface area contributed by atoms with E-state index in [1.54, 1.807) is 0 Å². The van der Waals surface area contributed by atoms with Gasteiger partial charge in [-0.2, -0.15) is 0 Å². The van der Waals surface area contributed by atoms with Gasteiger partial charge < -0.3 is 15.0 Å². The lowest BCUT2D eigenvalue weighted by molar-refractivity contribution is 0.0742. The number of nitrogens with zero attached hydrogens (tertiary/aromatic N) is 3. The summed E-state index contributed by atoms with van der Waals surface area (Å²) in [6, 6.07) is 2.14. The van der Waals surface area contributed by atoms with Crippen molar-refractivity contribution in [2.24, 2.45) is 0 Å². The van der Waals surface area contributed by atoms with E-state index in [-0.39, 0.29) is 6.04 Å². The van der Waals surface area contributed by atoms with Gasteiger partial charge in [-0.1, -0.05) is 0 Å². The number of nitrogens with one attached hydrogen (secondary N) is 1. The van der Waals surface area contributed by atoms with Crippen LogP contribution in [-0.4, -0.2) is 42.8 Å². The summed E-state index contributed by atoms with van der Waals surface area (Å²) in [5, 5.41) is 3.38. The SMILES string of the molecule is c1cc(N2CCCC2)nc([C@H]2COCCN2)n1. The van der Waals surface area contributed by atoms with Crippen molar-refractivity contribution >= 4 is 5.82 Å². The first-order valence-corrected chi connectivity index (χ1v) is 6.32. The van der Waals surface area contributed by atoms with E-state index in [1.807, 2.05) is 12.3 Å². The Hall–Kier alpha value is -1.20. The van der Waals surface area contributed by atoms with E-state index < -0.39 is 0 Å². The van der Waals surface area contributed by atoms with Crippen molar-refractivity contribution < 1.29 is 4.74 Å². The zero-order valence-corrected chi connectivity index (χ0v) is 9.93. The molecule has 0 bridgehead atoms. The maximum Gasteiger partial charge on any atom is 0.149 e. The van der Waals surface area contributed by atoms with E-state index in [2.05, 4.69) is 20.2 Å². The molecule has 0 aromatic carbocycles. The molecule has 1 aromatic rings. The van der Waals surface area contributed by atoms with E-state index in [0.717, 1.165) is 37.9 Å². The molecule has 1 N–H and O–H groups in total. The minimum Gasteiger partial charge on any atom is -0.378 e. The normalized spacial score (nSPS) is 25.2. The Kier molecular flexibility index (Phi) is 3.20.